The molecular weight excluding hydrogens is 325 g/mol. The molecule has 2 rings (SSSR count). The van der Waals surface area contributed by atoms with Crippen LogP contribution in [-0.4, -0.2) is 21.5 Å². The number of nitrogens with zero attached hydrogens (tertiary/aromatic N) is 3. The van der Waals surface area contributed by atoms with Gasteiger partial charge in [-0.3, -0.25) is 0 Å². The lowest BCUT2D eigenvalue weighted by Gasteiger charge is -2.12. The highest BCUT2D eigenvalue weighted by molar-refractivity contribution is 9.10. The lowest BCUT2D eigenvalue weighted by Crippen LogP contribution is -2.11. The fourth-order valence-electron chi connectivity index (χ4n) is 1.61. The van der Waals surface area contributed by atoms with Crippen LogP contribution in [-0.2, 0) is 12.6 Å². The largest absolute Gasteiger partial charge is 0.418 e. The molecule has 0 bridgehead atoms. The summed E-state index contributed by atoms with van der Waals surface area (Å²) in [4.78, 5) is 0. The van der Waals surface area contributed by atoms with Gasteiger partial charge < -0.3 is 5.73 Å². The Hall–Kier alpha value is -1.41. The molecule has 102 valence electrons. The van der Waals surface area contributed by atoms with Gasteiger partial charge in [0, 0.05) is 10.9 Å². The van der Waals surface area contributed by atoms with Crippen molar-refractivity contribution in [3.63, 3.8) is 0 Å². The third-order valence-corrected chi connectivity index (χ3v) is 2.95. The molecule has 0 spiro atoms. The Labute approximate surface area is 115 Å². The van der Waals surface area contributed by atoms with Gasteiger partial charge in [0.05, 0.1) is 23.1 Å². The van der Waals surface area contributed by atoms with Crippen LogP contribution in [0.4, 0.5) is 13.2 Å². The van der Waals surface area contributed by atoms with Crippen molar-refractivity contribution in [2.45, 2.75) is 12.6 Å². The van der Waals surface area contributed by atoms with E-state index in [1.165, 1.54) is 18.3 Å². The molecule has 0 unspecified atom stereocenters. The van der Waals surface area contributed by atoms with Crippen LogP contribution in [0.1, 0.15) is 11.3 Å². The molecule has 1 aromatic heterocycles. The third kappa shape index (κ3) is 3.13. The van der Waals surface area contributed by atoms with Crippen LogP contribution in [0.5, 0.6) is 0 Å². The van der Waals surface area contributed by atoms with E-state index in [1.54, 1.807) is 0 Å². The zero-order valence-corrected chi connectivity index (χ0v) is 11.2. The van der Waals surface area contributed by atoms with Crippen molar-refractivity contribution >= 4 is 15.9 Å². The molecule has 0 amide bonds. The van der Waals surface area contributed by atoms with Gasteiger partial charge in [0.15, 0.2) is 0 Å². The zero-order valence-electron chi connectivity index (χ0n) is 9.65. The number of rotatable bonds is 3. The molecule has 0 saturated carbocycles. The molecule has 0 aliphatic carbocycles. The van der Waals surface area contributed by atoms with Crippen molar-refractivity contribution in [1.29, 1.82) is 0 Å². The first-order valence-electron chi connectivity index (χ1n) is 5.40. The maximum atomic E-state index is 13.0. The second kappa shape index (κ2) is 5.30. The highest BCUT2D eigenvalue weighted by Gasteiger charge is 2.34. The van der Waals surface area contributed by atoms with Crippen LogP contribution in [0.15, 0.2) is 28.9 Å². The number of benzene rings is 1. The van der Waals surface area contributed by atoms with Crippen LogP contribution >= 0.6 is 15.9 Å². The Bertz CT molecular complexity index is 580. The molecule has 0 aliphatic heterocycles. The van der Waals surface area contributed by atoms with E-state index < -0.39 is 11.7 Å². The molecule has 0 fully saturated rings. The van der Waals surface area contributed by atoms with Crippen LogP contribution < -0.4 is 5.73 Å². The molecule has 19 heavy (non-hydrogen) atoms. The normalized spacial score (nSPS) is 11.8. The van der Waals surface area contributed by atoms with Gasteiger partial charge in [0.1, 0.15) is 0 Å². The molecule has 0 saturated heterocycles. The predicted octanol–water partition coefficient (Wildman–Crippen LogP) is 2.55. The number of aromatic nitrogens is 3. The first kappa shape index (κ1) is 14.0. The third-order valence-electron chi connectivity index (χ3n) is 2.45. The van der Waals surface area contributed by atoms with E-state index in [1.807, 2.05) is 0 Å². The minimum Gasteiger partial charge on any atom is -0.330 e. The Morgan fingerprint density at radius 3 is 2.68 bits per heavy atom. The Morgan fingerprint density at radius 2 is 2.05 bits per heavy atom. The molecule has 0 aliphatic rings. The fraction of sp³-hybridized carbons (Fsp3) is 0.273. The van der Waals surface area contributed by atoms with Crippen LogP contribution in [0, 0.1) is 0 Å². The number of halogens is 4. The molecule has 0 radical (unpaired) electrons. The van der Waals surface area contributed by atoms with E-state index in [-0.39, 0.29) is 5.69 Å². The highest BCUT2D eigenvalue weighted by Crippen LogP contribution is 2.35. The Balaban J connectivity index is 2.48. The molecule has 1 aromatic carbocycles. The van der Waals surface area contributed by atoms with Gasteiger partial charge in [0.25, 0.3) is 0 Å². The van der Waals surface area contributed by atoms with Crippen molar-refractivity contribution in [3.8, 4) is 5.69 Å². The monoisotopic (exact) mass is 334 g/mol. The fourth-order valence-corrected chi connectivity index (χ4v) is 1.97. The maximum Gasteiger partial charge on any atom is 0.418 e. The number of nitrogens with two attached hydrogens (primary N) is 1. The van der Waals surface area contributed by atoms with Crippen molar-refractivity contribution in [3.05, 3.63) is 40.1 Å². The van der Waals surface area contributed by atoms with Gasteiger partial charge in [-0.1, -0.05) is 21.1 Å². The van der Waals surface area contributed by atoms with E-state index in [4.69, 9.17) is 5.73 Å². The topological polar surface area (TPSA) is 56.7 Å². The second-order valence-corrected chi connectivity index (χ2v) is 4.77. The highest BCUT2D eigenvalue weighted by atomic mass is 79.9. The van der Waals surface area contributed by atoms with Gasteiger partial charge >= 0.3 is 6.18 Å². The number of hydrogen-bond donors (Lipinski definition) is 1. The number of alkyl halides is 3. The summed E-state index contributed by atoms with van der Waals surface area (Å²) in [5.74, 6) is 0. The molecule has 0 atom stereocenters. The van der Waals surface area contributed by atoms with Gasteiger partial charge in [-0.15, -0.1) is 5.10 Å². The summed E-state index contributed by atoms with van der Waals surface area (Å²) in [6.07, 6.45) is -2.54. The minimum absolute atomic E-state index is 0.0635. The van der Waals surface area contributed by atoms with Gasteiger partial charge in [-0.05, 0) is 24.7 Å². The molecule has 4 nitrogen and oxygen atoms in total. The average Bonchev–Trinajstić information content (AvgIpc) is 2.77. The summed E-state index contributed by atoms with van der Waals surface area (Å²) in [6.45, 7) is 0.366. The van der Waals surface area contributed by atoms with Crippen LogP contribution in [0.3, 0.4) is 0 Å². The SMILES string of the molecule is NCCc1cn(-c2ccc(Br)cc2C(F)(F)F)nn1. The molecule has 1 heterocycles. The number of hydrogen-bond acceptors (Lipinski definition) is 3. The Morgan fingerprint density at radius 1 is 1.32 bits per heavy atom. The molecule has 2 N–H and O–H groups in total. The average molecular weight is 335 g/mol. The van der Waals surface area contributed by atoms with Crippen LogP contribution in [0.25, 0.3) is 5.69 Å². The van der Waals surface area contributed by atoms with E-state index in [2.05, 4.69) is 26.2 Å². The molecular formula is C11H10BrF3N4. The van der Waals surface area contributed by atoms with Crippen molar-refractivity contribution in [2.75, 3.05) is 6.54 Å². The second-order valence-electron chi connectivity index (χ2n) is 3.85. The van der Waals surface area contributed by atoms with E-state index in [0.29, 0.717) is 23.1 Å². The van der Waals surface area contributed by atoms with E-state index in [9.17, 15) is 13.2 Å². The standard InChI is InChI=1S/C11H10BrF3N4/c12-7-1-2-10(9(5-7)11(13,14)15)19-6-8(3-4-16)17-18-19/h1-2,5-6H,3-4,16H2. The first-order chi connectivity index (χ1) is 8.91. The van der Waals surface area contributed by atoms with Crippen LogP contribution in [0.2, 0.25) is 0 Å². The van der Waals surface area contributed by atoms with Gasteiger partial charge in [0.2, 0.25) is 0 Å². The zero-order chi connectivity index (χ0) is 14.0. The lowest BCUT2D eigenvalue weighted by atomic mass is 10.1. The van der Waals surface area contributed by atoms with E-state index >= 15 is 0 Å². The lowest BCUT2D eigenvalue weighted by molar-refractivity contribution is -0.137. The summed E-state index contributed by atoms with van der Waals surface area (Å²) in [6, 6.07) is 3.88. The summed E-state index contributed by atoms with van der Waals surface area (Å²) in [7, 11) is 0. The summed E-state index contributed by atoms with van der Waals surface area (Å²) >= 11 is 3.03. The molecule has 8 heteroatoms. The summed E-state index contributed by atoms with van der Waals surface area (Å²) < 4.78 is 40.4. The smallest absolute Gasteiger partial charge is 0.330 e. The first-order valence-corrected chi connectivity index (χ1v) is 6.19. The summed E-state index contributed by atoms with van der Waals surface area (Å²) in [5, 5.41) is 7.49. The predicted molar refractivity (Wildman–Crippen MR) is 66.8 cm³/mol. The van der Waals surface area contributed by atoms with Crippen molar-refractivity contribution < 1.29 is 13.2 Å². The van der Waals surface area contributed by atoms with E-state index in [0.717, 1.165) is 10.7 Å². The molecule has 2 aromatic rings. The quantitative estimate of drug-likeness (QED) is 0.938. The van der Waals surface area contributed by atoms with Crippen molar-refractivity contribution in [2.24, 2.45) is 5.73 Å². The van der Waals surface area contributed by atoms with Gasteiger partial charge in [-0.25, -0.2) is 4.68 Å². The van der Waals surface area contributed by atoms with Crippen molar-refractivity contribution in [1.82, 2.24) is 15.0 Å². The summed E-state index contributed by atoms with van der Waals surface area (Å²) in [5.41, 5.74) is 5.08. The minimum atomic E-state index is -4.46. The Kier molecular flexibility index (Phi) is 3.91. The van der Waals surface area contributed by atoms with Gasteiger partial charge in [-0.2, -0.15) is 13.2 Å². The maximum absolute atomic E-state index is 13.0.